The van der Waals surface area contributed by atoms with Gasteiger partial charge in [-0.1, -0.05) is 199 Å². The molecule has 1 nitrogen and oxygen atoms in total. The summed E-state index contributed by atoms with van der Waals surface area (Å²) in [6, 6.07) is 13.5. The van der Waals surface area contributed by atoms with E-state index in [1.807, 2.05) is 0 Å². The molecule has 1 heteroatoms. The molecule has 0 aliphatic carbocycles. The largest absolute Gasteiger partial charge is 0.210 e. The van der Waals surface area contributed by atoms with Gasteiger partial charge in [0.25, 0.3) is 0 Å². The molecule has 0 amide bonds. The average molecular weight is 605 g/mol. The molecular formula is C43H74N+. The van der Waals surface area contributed by atoms with Gasteiger partial charge in [-0.15, -0.1) is 0 Å². The van der Waals surface area contributed by atoms with E-state index in [4.69, 9.17) is 0 Å². The molecule has 0 unspecified atom stereocenters. The second-order valence-corrected chi connectivity index (χ2v) is 14.0. The summed E-state index contributed by atoms with van der Waals surface area (Å²) in [5.41, 5.74) is 4.34. The lowest BCUT2D eigenvalue weighted by atomic mass is 10.0. The van der Waals surface area contributed by atoms with E-state index >= 15 is 0 Å². The third-order valence-electron chi connectivity index (χ3n) is 9.67. The number of aromatic nitrogens is 1. The fourth-order valence-corrected chi connectivity index (χ4v) is 6.78. The van der Waals surface area contributed by atoms with Gasteiger partial charge in [-0.05, 0) is 31.7 Å². The number of pyridine rings is 1. The van der Waals surface area contributed by atoms with Crippen molar-refractivity contribution < 1.29 is 4.57 Å². The van der Waals surface area contributed by atoms with Crippen molar-refractivity contribution in [2.24, 2.45) is 0 Å². The minimum Gasteiger partial charge on any atom is -0.167 e. The van der Waals surface area contributed by atoms with Crippen LogP contribution in [0.2, 0.25) is 0 Å². The number of unbranched alkanes of at least 4 members (excludes halogenated alkanes) is 26. The summed E-state index contributed by atoms with van der Waals surface area (Å²) in [7, 11) is 0. The minimum atomic E-state index is 1.22. The van der Waals surface area contributed by atoms with Crippen molar-refractivity contribution in [1.82, 2.24) is 0 Å². The summed E-state index contributed by atoms with van der Waals surface area (Å²) >= 11 is 0. The molecule has 0 atom stereocenters. The van der Waals surface area contributed by atoms with Crippen LogP contribution in [0.15, 0.2) is 48.8 Å². The Morgan fingerprint density at radius 2 is 0.659 bits per heavy atom. The van der Waals surface area contributed by atoms with Gasteiger partial charge in [0, 0.05) is 23.3 Å². The van der Waals surface area contributed by atoms with Gasteiger partial charge >= 0.3 is 0 Å². The highest BCUT2D eigenvalue weighted by Crippen LogP contribution is 2.17. The van der Waals surface area contributed by atoms with Crippen molar-refractivity contribution in [1.29, 1.82) is 0 Å². The molecule has 1 aromatic heterocycles. The van der Waals surface area contributed by atoms with E-state index in [0.29, 0.717) is 0 Å². The van der Waals surface area contributed by atoms with Crippen molar-refractivity contribution in [2.75, 3.05) is 0 Å². The molecule has 0 aliphatic rings. The maximum absolute atomic E-state index is 2.52. The Kier molecular flexibility index (Phi) is 25.2. The van der Waals surface area contributed by atoms with Gasteiger partial charge < -0.3 is 0 Å². The molecule has 0 saturated heterocycles. The first-order chi connectivity index (χ1) is 21.8. The SMILES string of the molecule is CCCCCCCCCCCCCCCCc1cc(CCCCCCCCCCCCCCCC)c[n+](-c2ccccc2)c1. The van der Waals surface area contributed by atoms with E-state index < -0.39 is 0 Å². The van der Waals surface area contributed by atoms with Crippen molar-refractivity contribution in [3.8, 4) is 5.69 Å². The van der Waals surface area contributed by atoms with E-state index in [-0.39, 0.29) is 0 Å². The number of rotatable bonds is 31. The van der Waals surface area contributed by atoms with E-state index in [2.05, 4.69) is 67.2 Å². The number of benzene rings is 1. The van der Waals surface area contributed by atoms with E-state index in [1.54, 1.807) is 0 Å². The molecule has 0 spiro atoms. The molecular weight excluding hydrogens is 530 g/mol. The molecule has 0 aliphatic heterocycles. The second kappa shape index (κ2) is 28.8. The molecule has 0 bridgehead atoms. The van der Waals surface area contributed by atoms with Gasteiger partial charge in [0.15, 0.2) is 12.4 Å². The smallest absolute Gasteiger partial charge is 0.167 e. The topological polar surface area (TPSA) is 3.88 Å². The monoisotopic (exact) mass is 605 g/mol. The highest BCUT2D eigenvalue weighted by Gasteiger charge is 2.11. The van der Waals surface area contributed by atoms with Crippen molar-refractivity contribution in [3.63, 3.8) is 0 Å². The van der Waals surface area contributed by atoms with Gasteiger partial charge in [0.05, 0.1) is 0 Å². The first-order valence-corrected chi connectivity index (χ1v) is 19.9. The molecule has 0 saturated carbocycles. The molecule has 1 aromatic carbocycles. The third kappa shape index (κ3) is 21.2. The number of para-hydroxylation sites is 1. The van der Waals surface area contributed by atoms with Gasteiger partial charge in [0.2, 0.25) is 5.69 Å². The third-order valence-corrected chi connectivity index (χ3v) is 9.67. The average Bonchev–Trinajstić information content (AvgIpc) is 3.05. The highest BCUT2D eigenvalue weighted by molar-refractivity contribution is 5.24. The molecule has 250 valence electrons. The van der Waals surface area contributed by atoms with Gasteiger partial charge in [-0.2, -0.15) is 4.57 Å². The first kappa shape index (κ1) is 38.6. The summed E-state index contributed by atoms with van der Waals surface area (Å²) in [6.45, 7) is 4.61. The molecule has 0 fully saturated rings. The quantitative estimate of drug-likeness (QED) is 0.0595. The zero-order valence-electron chi connectivity index (χ0n) is 29.8. The van der Waals surface area contributed by atoms with Gasteiger partial charge in [-0.25, -0.2) is 0 Å². The lowest BCUT2D eigenvalue weighted by Gasteiger charge is -2.07. The van der Waals surface area contributed by atoms with Crippen molar-refractivity contribution >= 4 is 0 Å². The molecule has 2 rings (SSSR count). The van der Waals surface area contributed by atoms with Crippen molar-refractivity contribution in [3.05, 3.63) is 59.9 Å². The molecule has 44 heavy (non-hydrogen) atoms. The van der Waals surface area contributed by atoms with Crippen LogP contribution < -0.4 is 4.57 Å². The maximum Gasteiger partial charge on any atom is 0.210 e. The predicted molar refractivity (Wildman–Crippen MR) is 196 cm³/mol. The highest BCUT2D eigenvalue weighted by atomic mass is 14.9. The second-order valence-electron chi connectivity index (χ2n) is 14.0. The number of aryl methyl sites for hydroxylation is 2. The van der Waals surface area contributed by atoms with E-state index in [0.717, 1.165) is 0 Å². The molecule has 0 radical (unpaired) electrons. The van der Waals surface area contributed by atoms with Crippen LogP contribution >= 0.6 is 0 Å². The Morgan fingerprint density at radius 1 is 0.364 bits per heavy atom. The lowest BCUT2D eigenvalue weighted by molar-refractivity contribution is -0.596. The number of hydrogen-bond acceptors (Lipinski definition) is 0. The predicted octanol–water partition coefficient (Wildman–Crippen LogP) is 14.0. The lowest BCUT2D eigenvalue weighted by Crippen LogP contribution is -2.31. The summed E-state index contributed by atoms with van der Waals surface area (Å²) in [5, 5.41) is 0. The fraction of sp³-hybridized carbons (Fsp3) is 0.744. The Bertz CT molecular complexity index is 821. The summed E-state index contributed by atoms with van der Waals surface area (Å²) in [6.07, 6.45) is 47.2. The van der Waals surface area contributed by atoms with E-state index in [9.17, 15) is 0 Å². The summed E-state index contributed by atoms with van der Waals surface area (Å²) in [5.74, 6) is 0. The zero-order valence-corrected chi connectivity index (χ0v) is 29.8. The Labute approximate surface area is 276 Å². The van der Waals surface area contributed by atoms with Crippen LogP contribution in [-0.4, -0.2) is 0 Å². The Morgan fingerprint density at radius 3 is 0.977 bits per heavy atom. The minimum absolute atomic E-state index is 1.22. The van der Waals surface area contributed by atoms with Crippen LogP contribution in [0.3, 0.4) is 0 Å². The van der Waals surface area contributed by atoms with Crippen LogP contribution in [0.5, 0.6) is 0 Å². The molecule has 1 heterocycles. The first-order valence-electron chi connectivity index (χ1n) is 19.9. The van der Waals surface area contributed by atoms with Gasteiger partial charge in [-0.3, -0.25) is 0 Å². The Hall–Kier alpha value is -1.63. The zero-order chi connectivity index (χ0) is 31.2. The fourth-order valence-electron chi connectivity index (χ4n) is 6.78. The standard InChI is InChI=1S/C43H74N/c1-3-5-7-9-11-13-15-17-19-21-23-25-27-30-34-41-38-42(40-44(39-41)43-36-32-29-33-37-43)35-31-28-26-24-22-20-18-16-14-12-10-8-6-4-2/h29,32-33,36-40H,3-28,30-31,34-35H2,1-2H3/q+1. The van der Waals surface area contributed by atoms with Gasteiger partial charge in [0.1, 0.15) is 0 Å². The van der Waals surface area contributed by atoms with Crippen LogP contribution in [0.25, 0.3) is 5.69 Å². The Balaban J connectivity index is 1.58. The van der Waals surface area contributed by atoms with Crippen LogP contribution in [-0.2, 0) is 12.8 Å². The molecule has 0 N–H and O–H groups in total. The van der Waals surface area contributed by atoms with E-state index in [1.165, 1.54) is 209 Å². The maximum atomic E-state index is 2.52. The van der Waals surface area contributed by atoms with Crippen LogP contribution in [0.4, 0.5) is 0 Å². The van der Waals surface area contributed by atoms with Crippen LogP contribution in [0.1, 0.15) is 205 Å². The summed E-state index contributed by atoms with van der Waals surface area (Å²) < 4.78 is 2.39. The number of nitrogens with zero attached hydrogens (tertiary/aromatic N) is 1. The summed E-state index contributed by atoms with van der Waals surface area (Å²) in [4.78, 5) is 0. The molecule has 2 aromatic rings. The van der Waals surface area contributed by atoms with Crippen LogP contribution in [0, 0.1) is 0 Å². The normalized spacial score (nSPS) is 11.4. The number of hydrogen-bond donors (Lipinski definition) is 0. The van der Waals surface area contributed by atoms with Crippen molar-refractivity contribution in [2.45, 2.75) is 206 Å².